The highest BCUT2D eigenvalue weighted by Crippen LogP contribution is 1.79. The average molecular weight is 161 g/mol. The first-order chi connectivity index (χ1) is 5.31. The van der Waals surface area contributed by atoms with Crippen molar-refractivity contribution in [2.75, 3.05) is 33.4 Å². The molecule has 1 N–H and O–H groups in total. The van der Waals surface area contributed by atoms with Crippen LogP contribution in [0.15, 0.2) is 0 Å². The molecule has 0 aliphatic heterocycles. The topological polar surface area (TPSA) is 47.6 Å². The fraction of sp³-hybridized carbons (Fsp3) is 0.857. The van der Waals surface area contributed by atoms with E-state index in [1.54, 1.807) is 6.92 Å². The van der Waals surface area contributed by atoms with Gasteiger partial charge in [-0.2, -0.15) is 0 Å². The average Bonchev–Trinajstić information content (AvgIpc) is 1.99. The van der Waals surface area contributed by atoms with E-state index in [0.717, 1.165) is 6.54 Å². The maximum absolute atomic E-state index is 10.6. The molecule has 0 aliphatic carbocycles. The summed E-state index contributed by atoms with van der Waals surface area (Å²) in [6.07, 6.45) is 0. The minimum Gasteiger partial charge on any atom is -0.464 e. The van der Waals surface area contributed by atoms with Gasteiger partial charge in [-0.1, -0.05) is 0 Å². The Kier molecular flexibility index (Phi) is 7.08. The second-order valence-corrected chi connectivity index (χ2v) is 1.96. The third kappa shape index (κ3) is 7.29. The van der Waals surface area contributed by atoms with Crippen LogP contribution in [0.1, 0.15) is 6.92 Å². The van der Waals surface area contributed by atoms with Crippen LogP contribution in [0.4, 0.5) is 0 Å². The van der Waals surface area contributed by atoms with Crippen molar-refractivity contribution in [3.8, 4) is 0 Å². The molecule has 0 atom stereocenters. The lowest BCUT2D eigenvalue weighted by atomic mass is 10.6. The van der Waals surface area contributed by atoms with Gasteiger partial charge in [-0.25, -0.2) is 4.79 Å². The summed E-state index contributed by atoms with van der Waals surface area (Å²) in [5, 5.41) is 2.90. The molecular weight excluding hydrogens is 146 g/mol. The third-order valence-corrected chi connectivity index (χ3v) is 1.02. The van der Waals surface area contributed by atoms with E-state index in [4.69, 9.17) is 4.74 Å². The molecule has 4 nitrogen and oxygen atoms in total. The molecule has 0 fully saturated rings. The molecule has 0 saturated carbocycles. The highest BCUT2D eigenvalue weighted by Gasteiger charge is 1.99. The van der Waals surface area contributed by atoms with Crippen molar-refractivity contribution in [1.29, 1.82) is 0 Å². The third-order valence-electron chi connectivity index (χ3n) is 1.02. The van der Waals surface area contributed by atoms with Crippen molar-refractivity contribution in [2.24, 2.45) is 0 Å². The highest BCUT2D eigenvalue weighted by atomic mass is 16.6. The summed E-state index contributed by atoms with van der Waals surface area (Å²) in [5.41, 5.74) is 0. The van der Waals surface area contributed by atoms with E-state index in [9.17, 15) is 4.79 Å². The van der Waals surface area contributed by atoms with Gasteiger partial charge in [0.1, 0.15) is 6.61 Å². The molecular formula is C7H15NO3. The largest absolute Gasteiger partial charge is 0.464 e. The fourth-order valence-electron chi connectivity index (χ4n) is 0.532. The molecule has 0 unspecified atom stereocenters. The van der Waals surface area contributed by atoms with E-state index in [1.165, 1.54) is 0 Å². The predicted octanol–water partition coefficient (Wildman–Crippen LogP) is -0.215. The van der Waals surface area contributed by atoms with Crippen LogP contribution in [-0.4, -0.2) is 39.4 Å². The number of likely N-dealkylation sites (N-methyl/N-ethyl adjacent to an activating group) is 1. The van der Waals surface area contributed by atoms with E-state index >= 15 is 0 Å². The lowest BCUT2D eigenvalue weighted by Gasteiger charge is -2.02. The maximum Gasteiger partial charge on any atom is 0.332 e. The van der Waals surface area contributed by atoms with Crippen molar-refractivity contribution < 1.29 is 14.3 Å². The number of hydrogen-bond acceptors (Lipinski definition) is 4. The van der Waals surface area contributed by atoms with Crippen molar-refractivity contribution in [2.45, 2.75) is 6.92 Å². The fourth-order valence-corrected chi connectivity index (χ4v) is 0.532. The van der Waals surface area contributed by atoms with Crippen LogP contribution in [0.2, 0.25) is 0 Å². The molecule has 11 heavy (non-hydrogen) atoms. The Bertz CT molecular complexity index is 106. The Morgan fingerprint density at radius 3 is 2.82 bits per heavy atom. The summed E-state index contributed by atoms with van der Waals surface area (Å²) in [6.45, 7) is 3.52. The summed E-state index contributed by atoms with van der Waals surface area (Å²) >= 11 is 0. The van der Waals surface area contributed by atoms with Gasteiger partial charge in [0.25, 0.3) is 0 Å². The number of carbonyl (C=O) groups excluding carboxylic acids is 1. The van der Waals surface area contributed by atoms with E-state index in [2.05, 4.69) is 10.1 Å². The first kappa shape index (κ1) is 10.4. The van der Waals surface area contributed by atoms with E-state index in [-0.39, 0.29) is 12.6 Å². The van der Waals surface area contributed by atoms with Crippen LogP contribution in [0, 0.1) is 0 Å². The summed E-state index contributed by atoms with van der Waals surface area (Å²) in [6, 6.07) is 0. The van der Waals surface area contributed by atoms with Crippen molar-refractivity contribution in [3.63, 3.8) is 0 Å². The van der Waals surface area contributed by atoms with Gasteiger partial charge < -0.3 is 14.8 Å². The van der Waals surface area contributed by atoms with E-state index < -0.39 is 0 Å². The summed E-state index contributed by atoms with van der Waals surface area (Å²) in [4.78, 5) is 10.6. The van der Waals surface area contributed by atoms with Crippen LogP contribution in [-0.2, 0) is 14.3 Å². The normalized spacial score (nSPS) is 9.64. The van der Waals surface area contributed by atoms with Crippen molar-refractivity contribution >= 4 is 5.97 Å². The van der Waals surface area contributed by atoms with Gasteiger partial charge in [0.15, 0.2) is 0 Å². The van der Waals surface area contributed by atoms with Crippen LogP contribution in [0.25, 0.3) is 0 Å². The van der Waals surface area contributed by atoms with Gasteiger partial charge in [0, 0.05) is 6.54 Å². The first-order valence-corrected chi connectivity index (χ1v) is 3.69. The summed E-state index contributed by atoms with van der Waals surface area (Å²) in [7, 11) is 1.83. The molecule has 0 bridgehead atoms. The molecule has 0 aliphatic rings. The van der Waals surface area contributed by atoms with Gasteiger partial charge in [0.2, 0.25) is 0 Å². The number of carbonyl (C=O) groups is 1. The van der Waals surface area contributed by atoms with Gasteiger partial charge in [-0.3, -0.25) is 0 Å². The predicted molar refractivity (Wildman–Crippen MR) is 41.4 cm³/mol. The molecule has 0 aromatic heterocycles. The Labute approximate surface area is 66.9 Å². The second-order valence-electron chi connectivity index (χ2n) is 1.96. The molecule has 0 saturated heterocycles. The van der Waals surface area contributed by atoms with E-state index in [1.807, 2.05) is 7.05 Å². The van der Waals surface area contributed by atoms with Crippen LogP contribution in [0.3, 0.4) is 0 Å². The Hall–Kier alpha value is -0.610. The molecule has 0 radical (unpaired) electrons. The smallest absolute Gasteiger partial charge is 0.332 e. The minimum atomic E-state index is -0.302. The zero-order valence-corrected chi connectivity index (χ0v) is 7.05. The number of rotatable bonds is 6. The van der Waals surface area contributed by atoms with Crippen LogP contribution >= 0.6 is 0 Å². The second kappa shape index (κ2) is 7.50. The van der Waals surface area contributed by atoms with E-state index in [0.29, 0.717) is 13.2 Å². The molecule has 0 rings (SSSR count). The SMILES string of the molecule is CCOC(=O)COCCNC. The molecule has 0 heterocycles. The molecule has 0 amide bonds. The van der Waals surface area contributed by atoms with Gasteiger partial charge >= 0.3 is 5.97 Å². The monoisotopic (exact) mass is 161 g/mol. The molecule has 0 aromatic carbocycles. The lowest BCUT2D eigenvalue weighted by Crippen LogP contribution is -2.18. The van der Waals surface area contributed by atoms with Crippen LogP contribution < -0.4 is 5.32 Å². The van der Waals surface area contributed by atoms with Crippen LogP contribution in [0.5, 0.6) is 0 Å². The zero-order chi connectivity index (χ0) is 8.53. The zero-order valence-electron chi connectivity index (χ0n) is 7.05. The van der Waals surface area contributed by atoms with Gasteiger partial charge in [0.05, 0.1) is 13.2 Å². The van der Waals surface area contributed by atoms with Crippen molar-refractivity contribution in [3.05, 3.63) is 0 Å². The number of ether oxygens (including phenoxy) is 2. The first-order valence-electron chi connectivity index (χ1n) is 3.69. The quantitative estimate of drug-likeness (QED) is 0.432. The Morgan fingerprint density at radius 2 is 2.27 bits per heavy atom. The van der Waals surface area contributed by atoms with Gasteiger partial charge in [-0.15, -0.1) is 0 Å². The standard InChI is InChI=1S/C7H15NO3/c1-3-11-7(9)6-10-5-4-8-2/h8H,3-6H2,1-2H3. The molecule has 66 valence electrons. The lowest BCUT2D eigenvalue weighted by molar-refractivity contribution is -0.148. The van der Waals surface area contributed by atoms with Gasteiger partial charge in [-0.05, 0) is 14.0 Å². The molecule has 0 aromatic rings. The summed E-state index contributed by atoms with van der Waals surface area (Å²) < 4.78 is 9.59. The van der Waals surface area contributed by atoms with Crippen molar-refractivity contribution in [1.82, 2.24) is 5.32 Å². The number of esters is 1. The maximum atomic E-state index is 10.6. The highest BCUT2D eigenvalue weighted by molar-refractivity contribution is 5.70. The Morgan fingerprint density at radius 1 is 1.55 bits per heavy atom. The Balaban J connectivity index is 3.04. The minimum absolute atomic E-state index is 0.0511. The number of nitrogens with one attached hydrogen (secondary N) is 1. The summed E-state index contributed by atoms with van der Waals surface area (Å²) in [5.74, 6) is -0.302. The number of hydrogen-bond donors (Lipinski definition) is 1. The molecule has 0 spiro atoms. The molecule has 4 heteroatoms.